The summed E-state index contributed by atoms with van der Waals surface area (Å²) in [5.74, 6) is 0. The molecule has 0 atom stereocenters. The summed E-state index contributed by atoms with van der Waals surface area (Å²) in [4.78, 5) is 0. The van der Waals surface area contributed by atoms with Crippen molar-refractivity contribution in [3.05, 3.63) is 0 Å². The second kappa shape index (κ2) is 8.27. The van der Waals surface area contributed by atoms with Gasteiger partial charge in [-0.25, -0.2) is 0 Å². The van der Waals surface area contributed by atoms with E-state index in [2.05, 4.69) is 0 Å². The van der Waals surface area contributed by atoms with Gasteiger partial charge in [0.05, 0.1) is 6.10 Å². The van der Waals surface area contributed by atoms with E-state index in [1.165, 1.54) is 19.3 Å². The Labute approximate surface area is 94.9 Å². The van der Waals surface area contributed by atoms with Crippen molar-refractivity contribution in [2.75, 3.05) is 19.8 Å². The normalized spacial score (nSPS) is 16.2. The molecule has 0 radical (unpaired) electrons. The molecule has 15 heavy (non-hydrogen) atoms. The molecule has 0 bridgehead atoms. The smallest absolute Gasteiger partial charge is 0.321 e. The molecule has 1 aliphatic rings. The third kappa shape index (κ3) is 7.06. The Morgan fingerprint density at radius 1 is 1.07 bits per heavy atom. The lowest BCUT2D eigenvalue weighted by Gasteiger charge is -2.14. The van der Waals surface area contributed by atoms with Gasteiger partial charge in [-0.1, -0.05) is 0 Å². The third-order valence-corrected chi connectivity index (χ3v) is 4.71. The van der Waals surface area contributed by atoms with Crippen LogP contribution in [-0.2, 0) is 13.6 Å². The molecule has 1 fully saturated rings. The van der Waals surface area contributed by atoms with Gasteiger partial charge in [0.1, 0.15) is 0 Å². The average molecular weight is 232 g/mol. The van der Waals surface area contributed by atoms with E-state index in [0.717, 1.165) is 32.3 Å². The van der Waals surface area contributed by atoms with Crippen molar-refractivity contribution in [1.82, 2.24) is 0 Å². The van der Waals surface area contributed by atoms with Crippen LogP contribution in [0, 0.1) is 0 Å². The van der Waals surface area contributed by atoms with Crippen LogP contribution >= 0.6 is 0 Å². The lowest BCUT2D eigenvalue weighted by molar-refractivity contribution is 0.116. The maximum atomic E-state index is 5.60. The summed E-state index contributed by atoms with van der Waals surface area (Å²) in [6, 6.07) is 1.12. The van der Waals surface area contributed by atoms with E-state index in [1.54, 1.807) is 0 Å². The van der Waals surface area contributed by atoms with E-state index in [0.29, 0.717) is 6.10 Å². The summed E-state index contributed by atoms with van der Waals surface area (Å²) >= 11 is 0. The maximum absolute atomic E-state index is 5.60. The molecule has 0 N–H and O–H groups in total. The van der Waals surface area contributed by atoms with Crippen molar-refractivity contribution in [3.8, 4) is 0 Å². The number of hydrogen-bond donors (Lipinski definition) is 0. The minimum absolute atomic E-state index is 0.594. The first kappa shape index (κ1) is 13.2. The van der Waals surface area contributed by atoms with Crippen LogP contribution in [0.2, 0.25) is 6.04 Å². The Morgan fingerprint density at radius 3 is 2.27 bits per heavy atom. The third-order valence-electron chi connectivity index (χ3n) is 2.42. The van der Waals surface area contributed by atoms with E-state index >= 15 is 0 Å². The van der Waals surface area contributed by atoms with Crippen LogP contribution in [0.15, 0.2) is 0 Å². The number of ether oxygens (including phenoxy) is 1. The van der Waals surface area contributed by atoms with Gasteiger partial charge >= 0.3 is 9.28 Å². The first-order valence-corrected chi connectivity index (χ1v) is 7.97. The highest BCUT2D eigenvalue weighted by atomic mass is 28.3. The molecule has 0 unspecified atom stereocenters. The lowest BCUT2D eigenvalue weighted by atomic mass is 10.4. The Kier molecular flexibility index (Phi) is 7.26. The maximum Gasteiger partial charge on any atom is 0.321 e. The van der Waals surface area contributed by atoms with Crippen LogP contribution in [0.5, 0.6) is 0 Å². The number of unbranched alkanes of at least 4 members (excludes halogenated alkanes) is 1. The summed E-state index contributed by atoms with van der Waals surface area (Å²) in [6.07, 6.45) is 5.48. The Bertz CT molecular complexity index is 145. The molecule has 1 rings (SSSR count). The van der Waals surface area contributed by atoms with Crippen LogP contribution in [0.25, 0.3) is 0 Å². The van der Waals surface area contributed by atoms with Crippen LogP contribution in [0.1, 0.15) is 39.5 Å². The van der Waals surface area contributed by atoms with Gasteiger partial charge in [-0.2, -0.15) is 0 Å². The molecule has 0 aromatic rings. The van der Waals surface area contributed by atoms with Gasteiger partial charge in [-0.05, 0) is 45.6 Å². The highest BCUT2D eigenvalue weighted by molar-refractivity contribution is 6.44. The molecule has 0 amide bonds. The van der Waals surface area contributed by atoms with Crippen molar-refractivity contribution in [3.63, 3.8) is 0 Å². The zero-order valence-corrected chi connectivity index (χ0v) is 11.2. The second-order valence-electron chi connectivity index (χ2n) is 3.91. The van der Waals surface area contributed by atoms with E-state index < -0.39 is 9.28 Å². The Balaban J connectivity index is 1.89. The van der Waals surface area contributed by atoms with E-state index in [-0.39, 0.29) is 0 Å². The summed E-state index contributed by atoms with van der Waals surface area (Å²) in [6.45, 7) is 6.57. The average Bonchev–Trinajstić information content (AvgIpc) is 3.02. The molecule has 0 aliphatic heterocycles. The first-order chi connectivity index (χ1) is 7.36. The second-order valence-corrected chi connectivity index (χ2v) is 6.01. The molecule has 0 spiro atoms. The highest BCUT2D eigenvalue weighted by Crippen LogP contribution is 2.23. The quantitative estimate of drug-likeness (QED) is 0.427. The van der Waals surface area contributed by atoms with E-state index in [1.807, 2.05) is 13.8 Å². The molecule has 0 aromatic heterocycles. The summed E-state index contributed by atoms with van der Waals surface area (Å²) in [5.41, 5.74) is 0. The van der Waals surface area contributed by atoms with E-state index in [4.69, 9.17) is 13.6 Å². The van der Waals surface area contributed by atoms with Crippen molar-refractivity contribution in [2.24, 2.45) is 0 Å². The molecule has 0 saturated heterocycles. The predicted octanol–water partition coefficient (Wildman–Crippen LogP) is 2.24. The van der Waals surface area contributed by atoms with Crippen molar-refractivity contribution in [1.29, 1.82) is 0 Å². The number of rotatable bonds is 10. The highest BCUT2D eigenvalue weighted by Gasteiger charge is 2.21. The molecule has 0 heterocycles. The van der Waals surface area contributed by atoms with Crippen LogP contribution in [0.4, 0.5) is 0 Å². The van der Waals surface area contributed by atoms with Crippen molar-refractivity contribution >= 4 is 9.28 Å². The van der Waals surface area contributed by atoms with Gasteiger partial charge in [0.15, 0.2) is 0 Å². The summed E-state index contributed by atoms with van der Waals surface area (Å²) < 4.78 is 16.8. The standard InChI is InChI=1S/C11H24O3Si/c1-3-13-15(14-4-2)10-6-5-9-12-11-7-8-11/h11,15H,3-10H2,1-2H3. The summed E-state index contributed by atoms with van der Waals surface area (Å²) in [5, 5.41) is 0. The molecular formula is C11H24O3Si. The fraction of sp³-hybridized carbons (Fsp3) is 1.00. The van der Waals surface area contributed by atoms with Crippen LogP contribution < -0.4 is 0 Å². The van der Waals surface area contributed by atoms with E-state index in [9.17, 15) is 0 Å². The first-order valence-electron chi connectivity index (χ1n) is 6.21. The molecule has 1 saturated carbocycles. The molecular weight excluding hydrogens is 208 g/mol. The van der Waals surface area contributed by atoms with Gasteiger partial charge in [0.2, 0.25) is 0 Å². The Hall–Kier alpha value is 0.0969. The molecule has 1 aliphatic carbocycles. The van der Waals surface area contributed by atoms with Gasteiger partial charge in [-0.15, -0.1) is 0 Å². The number of hydrogen-bond acceptors (Lipinski definition) is 3. The monoisotopic (exact) mass is 232 g/mol. The van der Waals surface area contributed by atoms with Crippen molar-refractivity contribution < 1.29 is 13.6 Å². The van der Waals surface area contributed by atoms with Gasteiger partial charge in [-0.3, -0.25) is 0 Å². The Morgan fingerprint density at radius 2 is 1.73 bits per heavy atom. The van der Waals surface area contributed by atoms with Gasteiger partial charge in [0, 0.05) is 19.8 Å². The molecule has 90 valence electrons. The molecule has 0 aromatic carbocycles. The predicted molar refractivity (Wildman–Crippen MR) is 63.4 cm³/mol. The van der Waals surface area contributed by atoms with Gasteiger partial charge in [0.25, 0.3) is 0 Å². The van der Waals surface area contributed by atoms with Gasteiger partial charge < -0.3 is 13.6 Å². The largest absolute Gasteiger partial charge is 0.397 e. The lowest BCUT2D eigenvalue weighted by Crippen LogP contribution is -2.22. The topological polar surface area (TPSA) is 27.7 Å². The van der Waals surface area contributed by atoms with Crippen LogP contribution in [0.3, 0.4) is 0 Å². The fourth-order valence-corrected chi connectivity index (χ4v) is 3.28. The van der Waals surface area contributed by atoms with Crippen molar-refractivity contribution in [2.45, 2.75) is 51.7 Å². The van der Waals surface area contributed by atoms with Crippen LogP contribution in [-0.4, -0.2) is 35.2 Å². The zero-order valence-electron chi connectivity index (χ0n) is 10.0. The minimum Gasteiger partial charge on any atom is -0.397 e. The SMILES string of the molecule is CCO[SiH](CCCCOC1CC1)OCC. The molecule has 4 heteroatoms. The summed E-state index contributed by atoms with van der Waals surface area (Å²) in [7, 11) is -1.34. The zero-order chi connectivity index (χ0) is 10.9. The minimum atomic E-state index is -1.34. The molecule has 3 nitrogen and oxygen atoms in total. The fourth-order valence-electron chi connectivity index (χ4n) is 1.48.